The van der Waals surface area contributed by atoms with Gasteiger partial charge in [0.25, 0.3) is 0 Å². The molecule has 0 atom stereocenters. The van der Waals surface area contributed by atoms with E-state index in [1.54, 1.807) is 24.5 Å². The molecule has 70 valence electrons. The largest absolute Gasteiger partial charge is 0.384 e. The third kappa shape index (κ3) is 2.20. The summed E-state index contributed by atoms with van der Waals surface area (Å²) in [7, 11) is 0. The Morgan fingerprint density at radius 1 is 1.07 bits per heavy atom. The second-order valence-electron chi connectivity index (χ2n) is 2.53. The van der Waals surface area contributed by atoms with Crippen LogP contribution in [-0.2, 0) is 0 Å². The maximum absolute atomic E-state index is 5.55. The second kappa shape index (κ2) is 4.06. The monoisotopic (exact) mass is 204 g/mol. The van der Waals surface area contributed by atoms with E-state index in [0.717, 1.165) is 5.03 Å². The number of aromatic nitrogens is 3. The van der Waals surface area contributed by atoms with Gasteiger partial charge < -0.3 is 5.73 Å². The highest BCUT2D eigenvalue weighted by Gasteiger charge is 2.00. The molecule has 2 N–H and O–H groups in total. The van der Waals surface area contributed by atoms with Gasteiger partial charge in [0, 0.05) is 12.4 Å². The molecule has 2 aromatic heterocycles. The first-order chi connectivity index (χ1) is 6.84. The van der Waals surface area contributed by atoms with E-state index in [2.05, 4.69) is 15.0 Å². The fourth-order valence-corrected chi connectivity index (χ4v) is 1.63. The fraction of sp³-hybridized carbons (Fsp3) is 0. The van der Waals surface area contributed by atoms with Gasteiger partial charge in [-0.3, -0.25) is 0 Å². The lowest BCUT2D eigenvalue weighted by atomic mass is 10.5. The zero-order valence-electron chi connectivity index (χ0n) is 7.29. The molecule has 0 unspecified atom stereocenters. The Morgan fingerprint density at radius 2 is 1.86 bits per heavy atom. The van der Waals surface area contributed by atoms with Gasteiger partial charge in [-0.25, -0.2) is 15.0 Å². The normalized spacial score (nSPS) is 10.0. The molecule has 0 aliphatic heterocycles. The standard InChI is InChI=1S/C9H8N4S/c10-7-3-1-4-8(13-7)14-9-11-5-2-6-12-9/h1-6H,(H2,10,13). The Morgan fingerprint density at radius 3 is 2.57 bits per heavy atom. The Kier molecular flexibility index (Phi) is 2.60. The van der Waals surface area contributed by atoms with E-state index >= 15 is 0 Å². The van der Waals surface area contributed by atoms with Crippen LogP contribution in [0.3, 0.4) is 0 Å². The molecule has 4 nitrogen and oxygen atoms in total. The van der Waals surface area contributed by atoms with Crippen molar-refractivity contribution in [2.75, 3.05) is 5.73 Å². The summed E-state index contributed by atoms with van der Waals surface area (Å²) in [5.41, 5.74) is 5.55. The second-order valence-corrected chi connectivity index (χ2v) is 3.52. The highest BCUT2D eigenvalue weighted by Crippen LogP contribution is 2.21. The molecule has 0 saturated carbocycles. The van der Waals surface area contributed by atoms with E-state index in [0.29, 0.717) is 11.0 Å². The maximum atomic E-state index is 5.55. The number of anilines is 1. The van der Waals surface area contributed by atoms with Gasteiger partial charge in [0.05, 0.1) is 0 Å². The first-order valence-corrected chi connectivity index (χ1v) is 4.83. The summed E-state index contributed by atoms with van der Waals surface area (Å²) in [4.78, 5) is 12.3. The molecule has 2 aromatic rings. The Balaban J connectivity index is 2.19. The predicted octanol–water partition coefficient (Wildman–Crippen LogP) is 1.60. The molecule has 0 radical (unpaired) electrons. The Bertz CT molecular complexity index is 418. The molecule has 0 amide bonds. The molecular formula is C9H8N4S. The SMILES string of the molecule is Nc1cccc(Sc2ncccn2)n1. The molecule has 0 aliphatic carbocycles. The number of nitrogens with zero attached hydrogens (tertiary/aromatic N) is 3. The summed E-state index contributed by atoms with van der Waals surface area (Å²) < 4.78 is 0. The van der Waals surface area contributed by atoms with Crippen LogP contribution in [0.4, 0.5) is 5.82 Å². The summed E-state index contributed by atoms with van der Waals surface area (Å²) in [6.07, 6.45) is 3.39. The van der Waals surface area contributed by atoms with Crippen molar-refractivity contribution in [3.8, 4) is 0 Å². The van der Waals surface area contributed by atoms with Gasteiger partial charge in [-0.2, -0.15) is 0 Å². The average Bonchev–Trinajstić information content (AvgIpc) is 2.19. The van der Waals surface area contributed by atoms with Gasteiger partial charge in [0.2, 0.25) is 0 Å². The Hall–Kier alpha value is -1.62. The van der Waals surface area contributed by atoms with Crippen LogP contribution in [0.2, 0.25) is 0 Å². The van der Waals surface area contributed by atoms with E-state index in [-0.39, 0.29) is 0 Å². The van der Waals surface area contributed by atoms with E-state index in [4.69, 9.17) is 5.73 Å². The third-order valence-corrected chi connectivity index (χ3v) is 2.31. The summed E-state index contributed by atoms with van der Waals surface area (Å²) in [5.74, 6) is 0.505. The first-order valence-electron chi connectivity index (χ1n) is 4.02. The summed E-state index contributed by atoms with van der Waals surface area (Å²) >= 11 is 1.39. The minimum absolute atomic E-state index is 0.505. The molecule has 0 spiro atoms. The molecule has 14 heavy (non-hydrogen) atoms. The van der Waals surface area contributed by atoms with Gasteiger partial charge in [-0.1, -0.05) is 6.07 Å². The smallest absolute Gasteiger partial charge is 0.193 e. The molecule has 0 aromatic carbocycles. The highest BCUT2D eigenvalue weighted by atomic mass is 32.2. The van der Waals surface area contributed by atoms with Gasteiger partial charge in [-0.15, -0.1) is 0 Å². The number of nitrogens with two attached hydrogens (primary N) is 1. The minimum atomic E-state index is 0.505. The lowest BCUT2D eigenvalue weighted by Gasteiger charge is -1.98. The third-order valence-electron chi connectivity index (χ3n) is 1.48. The van der Waals surface area contributed by atoms with Crippen LogP contribution >= 0.6 is 11.8 Å². The van der Waals surface area contributed by atoms with Crippen molar-refractivity contribution >= 4 is 17.6 Å². The predicted molar refractivity (Wildman–Crippen MR) is 54.8 cm³/mol. The van der Waals surface area contributed by atoms with Crippen LogP contribution in [0.1, 0.15) is 0 Å². The van der Waals surface area contributed by atoms with Crippen molar-refractivity contribution in [1.82, 2.24) is 15.0 Å². The van der Waals surface area contributed by atoms with Crippen LogP contribution in [-0.4, -0.2) is 15.0 Å². The van der Waals surface area contributed by atoms with Gasteiger partial charge in [0.1, 0.15) is 10.8 Å². The van der Waals surface area contributed by atoms with E-state index in [1.165, 1.54) is 11.8 Å². The molecule has 5 heteroatoms. The van der Waals surface area contributed by atoms with Crippen LogP contribution in [0.5, 0.6) is 0 Å². The van der Waals surface area contributed by atoms with Crippen LogP contribution < -0.4 is 5.73 Å². The summed E-state index contributed by atoms with van der Waals surface area (Å²) in [5, 5.41) is 1.47. The maximum Gasteiger partial charge on any atom is 0.193 e. The van der Waals surface area contributed by atoms with Crippen molar-refractivity contribution in [2.45, 2.75) is 10.2 Å². The lowest BCUT2D eigenvalue weighted by Crippen LogP contribution is -1.91. The topological polar surface area (TPSA) is 64.7 Å². The van der Waals surface area contributed by atoms with Crippen molar-refractivity contribution < 1.29 is 0 Å². The first kappa shape index (κ1) is 8.96. The van der Waals surface area contributed by atoms with Crippen LogP contribution in [0.15, 0.2) is 46.8 Å². The number of hydrogen-bond donors (Lipinski definition) is 1. The number of rotatable bonds is 2. The van der Waals surface area contributed by atoms with Crippen molar-refractivity contribution in [3.63, 3.8) is 0 Å². The van der Waals surface area contributed by atoms with Crippen LogP contribution in [0.25, 0.3) is 0 Å². The highest BCUT2D eigenvalue weighted by molar-refractivity contribution is 7.99. The summed E-state index contributed by atoms with van der Waals surface area (Å²) in [6.45, 7) is 0. The zero-order valence-corrected chi connectivity index (χ0v) is 8.11. The molecule has 2 rings (SSSR count). The number of pyridine rings is 1. The molecule has 2 heterocycles. The number of nitrogen functional groups attached to an aromatic ring is 1. The summed E-state index contributed by atoms with van der Waals surface area (Å²) in [6, 6.07) is 7.25. The quantitative estimate of drug-likeness (QED) is 0.753. The molecule has 0 fully saturated rings. The zero-order chi connectivity index (χ0) is 9.80. The van der Waals surface area contributed by atoms with Gasteiger partial charge >= 0.3 is 0 Å². The Labute approximate surface area is 85.6 Å². The lowest BCUT2D eigenvalue weighted by molar-refractivity contribution is 0.961. The fourth-order valence-electron chi connectivity index (χ4n) is 0.919. The molecule has 0 aliphatic rings. The molecule has 0 saturated heterocycles. The van der Waals surface area contributed by atoms with E-state index < -0.39 is 0 Å². The number of hydrogen-bond acceptors (Lipinski definition) is 5. The minimum Gasteiger partial charge on any atom is -0.384 e. The van der Waals surface area contributed by atoms with E-state index in [1.807, 2.05) is 12.1 Å². The van der Waals surface area contributed by atoms with Crippen molar-refractivity contribution in [2.24, 2.45) is 0 Å². The molecule has 0 bridgehead atoms. The molecular weight excluding hydrogens is 196 g/mol. The van der Waals surface area contributed by atoms with E-state index in [9.17, 15) is 0 Å². The van der Waals surface area contributed by atoms with Crippen LogP contribution in [0, 0.1) is 0 Å². The van der Waals surface area contributed by atoms with Crippen molar-refractivity contribution in [3.05, 3.63) is 36.7 Å². The van der Waals surface area contributed by atoms with Crippen molar-refractivity contribution in [1.29, 1.82) is 0 Å². The van der Waals surface area contributed by atoms with Gasteiger partial charge in [-0.05, 0) is 30.0 Å². The van der Waals surface area contributed by atoms with Gasteiger partial charge in [0.15, 0.2) is 5.16 Å². The average molecular weight is 204 g/mol.